The third kappa shape index (κ3) is 3.66. The molecule has 0 saturated carbocycles. The second-order valence-electron chi connectivity index (χ2n) is 5.54. The molecule has 124 valence electrons. The molecule has 0 fully saturated rings. The van der Waals surface area contributed by atoms with Crippen molar-refractivity contribution in [3.8, 4) is 11.6 Å². The molecule has 0 aliphatic carbocycles. The maximum atomic E-state index is 12.0. The van der Waals surface area contributed by atoms with Gasteiger partial charge in [-0.05, 0) is 29.8 Å². The lowest BCUT2D eigenvalue weighted by atomic mass is 9.96. The number of rotatable bonds is 6. The van der Waals surface area contributed by atoms with Gasteiger partial charge in [-0.3, -0.25) is 4.79 Å². The average molecular weight is 327 g/mol. The van der Waals surface area contributed by atoms with Crippen LogP contribution in [0.15, 0.2) is 53.1 Å². The van der Waals surface area contributed by atoms with Gasteiger partial charge < -0.3 is 14.8 Å². The lowest BCUT2D eigenvalue weighted by Gasteiger charge is -2.24. The minimum Gasteiger partial charge on any atom is -0.461 e. The van der Waals surface area contributed by atoms with Gasteiger partial charge in [0.25, 0.3) is 0 Å². The van der Waals surface area contributed by atoms with Crippen LogP contribution in [0.5, 0.6) is 0 Å². The number of aromatic nitrogens is 4. The van der Waals surface area contributed by atoms with Crippen LogP contribution in [0.1, 0.15) is 12.5 Å². The van der Waals surface area contributed by atoms with Crippen molar-refractivity contribution in [3.63, 3.8) is 0 Å². The highest BCUT2D eigenvalue weighted by atomic mass is 16.3. The molecule has 0 aliphatic rings. The van der Waals surface area contributed by atoms with E-state index in [1.807, 2.05) is 18.2 Å². The molecule has 0 radical (unpaired) electrons. The van der Waals surface area contributed by atoms with Crippen LogP contribution in [0.4, 0.5) is 0 Å². The molecule has 24 heavy (non-hydrogen) atoms. The first-order valence-corrected chi connectivity index (χ1v) is 7.41. The van der Waals surface area contributed by atoms with Crippen LogP contribution < -0.4 is 5.32 Å². The molecular weight excluding hydrogens is 310 g/mol. The van der Waals surface area contributed by atoms with Gasteiger partial charge in [-0.1, -0.05) is 30.3 Å². The molecule has 0 spiro atoms. The zero-order chi connectivity index (χ0) is 17.0. The van der Waals surface area contributed by atoms with Crippen molar-refractivity contribution < 1.29 is 14.3 Å². The van der Waals surface area contributed by atoms with E-state index >= 15 is 0 Å². The van der Waals surface area contributed by atoms with Crippen LogP contribution in [0.25, 0.3) is 11.6 Å². The maximum Gasteiger partial charge on any atom is 0.243 e. The Labute approximate surface area is 138 Å². The summed E-state index contributed by atoms with van der Waals surface area (Å²) in [4.78, 5) is 13.2. The van der Waals surface area contributed by atoms with Gasteiger partial charge >= 0.3 is 0 Å². The summed E-state index contributed by atoms with van der Waals surface area (Å²) in [5.41, 5.74) is -0.434. The average Bonchev–Trinajstić information content (AvgIpc) is 3.25. The number of tetrazole rings is 1. The number of carbonyl (C=O) groups is 1. The van der Waals surface area contributed by atoms with Gasteiger partial charge in [0.2, 0.25) is 11.7 Å². The zero-order valence-corrected chi connectivity index (χ0v) is 13.1. The Bertz CT molecular complexity index is 796. The van der Waals surface area contributed by atoms with Crippen LogP contribution in [0, 0.1) is 0 Å². The number of carbonyl (C=O) groups excluding carboxylic acids is 1. The summed E-state index contributed by atoms with van der Waals surface area (Å²) in [6.07, 6.45) is 1.51. The van der Waals surface area contributed by atoms with Crippen molar-refractivity contribution in [3.05, 3.63) is 54.3 Å². The standard InChI is InChI=1S/C16H17N5O3/c1-16(23,12-6-3-2-4-7-12)11-17-14(22)10-21-19-15(18-20-21)13-8-5-9-24-13/h2-9,23H,10-11H2,1H3,(H,17,22)/t16-/m1/s1. The fourth-order valence-electron chi connectivity index (χ4n) is 2.17. The SMILES string of the molecule is C[C@@](O)(CNC(=O)Cn1nnc(-c2ccco2)n1)c1ccccc1. The number of hydrogen-bond donors (Lipinski definition) is 2. The summed E-state index contributed by atoms with van der Waals surface area (Å²) in [7, 11) is 0. The molecule has 2 N–H and O–H groups in total. The summed E-state index contributed by atoms with van der Waals surface area (Å²) >= 11 is 0. The van der Waals surface area contributed by atoms with Crippen LogP contribution in [0.2, 0.25) is 0 Å². The lowest BCUT2D eigenvalue weighted by Crippen LogP contribution is -2.40. The molecule has 2 heterocycles. The molecule has 3 aromatic rings. The Morgan fingerprint density at radius 1 is 1.29 bits per heavy atom. The summed E-state index contributed by atoms with van der Waals surface area (Å²) in [6.45, 7) is 1.62. The molecule has 1 amide bonds. The second kappa shape index (κ2) is 6.63. The molecule has 0 aliphatic heterocycles. The number of amides is 1. The number of nitrogens with zero attached hydrogens (tertiary/aromatic N) is 4. The zero-order valence-electron chi connectivity index (χ0n) is 13.1. The highest BCUT2D eigenvalue weighted by Crippen LogP contribution is 2.18. The fraction of sp³-hybridized carbons (Fsp3) is 0.250. The van der Waals surface area contributed by atoms with E-state index in [1.54, 1.807) is 31.2 Å². The summed E-state index contributed by atoms with van der Waals surface area (Å²) in [5.74, 6) is 0.465. The van der Waals surface area contributed by atoms with Gasteiger partial charge in [-0.2, -0.15) is 4.80 Å². The van der Waals surface area contributed by atoms with E-state index in [0.29, 0.717) is 11.6 Å². The molecule has 1 atom stereocenters. The molecule has 0 saturated heterocycles. The highest BCUT2D eigenvalue weighted by molar-refractivity contribution is 5.75. The van der Waals surface area contributed by atoms with Gasteiger partial charge in [-0.15, -0.1) is 10.2 Å². The van der Waals surface area contributed by atoms with Crippen molar-refractivity contribution in [1.82, 2.24) is 25.5 Å². The van der Waals surface area contributed by atoms with Crippen LogP contribution >= 0.6 is 0 Å². The molecule has 0 bridgehead atoms. The van der Waals surface area contributed by atoms with Crippen LogP contribution in [-0.2, 0) is 16.9 Å². The van der Waals surface area contributed by atoms with E-state index in [2.05, 4.69) is 20.7 Å². The predicted molar refractivity (Wildman–Crippen MR) is 84.5 cm³/mol. The first-order chi connectivity index (χ1) is 11.5. The topological polar surface area (TPSA) is 106 Å². The number of furan rings is 1. The Hall–Kier alpha value is -3.00. The first-order valence-electron chi connectivity index (χ1n) is 7.41. The molecule has 8 heteroatoms. The maximum absolute atomic E-state index is 12.0. The Balaban J connectivity index is 1.56. The van der Waals surface area contributed by atoms with Crippen molar-refractivity contribution in [2.24, 2.45) is 0 Å². The quantitative estimate of drug-likeness (QED) is 0.698. The van der Waals surface area contributed by atoms with Crippen molar-refractivity contribution >= 4 is 5.91 Å². The van der Waals surface area contributed by atoms with Gasteiger partial charge in [0.05, 0.1) is 12.8 Å². The second-order valence-corrected chi connectivity index (χ2v) is 5.54. The minimum atomic E-state index is -1.16. The van der Waals surface area contributed by atoms with E-state index in [0.717, 1.165) is 5.56 Å². The first kappa shape index (κ1) is 15.9. The van der Waals surface area contributed by atoms with Crippen molar-refractivity contribution in [2.75, 3.05) is 6.54 Å². The van der Waals surface area contributed by atoms with E-state index in [-0.39, 0.29) is 19.0 Å². The summed E-state index contributed by atoms with van der Waals surface area (Å²) in [5, 5.41) is 24.8. The Morgan fingerprint density at radius 3 is 2.79 bits per heavy atom. The third-order valence-electron chi connectivity index (χ3n) is 3.50. The minimum absolute atomic E-state index is 0.0790. The molecule has 0 unspecified atom stereocenters. The molecular formula is C16H17N5O3. The normalized spacial score (nSPS) is 13.4. The van der Waals surface area contributed by atoms with Crippen molar-refractivity contribution in [2.45, 2.75) is 19.1 Å². The fourth-order valence-corrected chi connectivity index (χ4v) is 2.17. The molecule has 3 rings (SSSR count). The summed E-state index contributed by atoms with van der Waals surface area (Å²) in [6, 6.07) is 12.6. The van der Waals surface area contributed by atoms with E-state index < -0.39 is 5.60 Å². The largest absolute Gasteiger partial charge is 0.461 e. The van der Waals surface area contributed by atoms with E-state index in [9.17, 15) is 9.90 Å². The molecule has 2 aromatic heterocycles. The molecule has 8 nitrogen and oxygen atoms in total. The predicted octanol–water partition coefficient (Wildman–Crippen LogP) is 0.957. The Morgan fingerprint density at radius 2 is 2.08 bits per heavy atom. The molecule has 1 aromatic carbocycles. The monoisotopic (exact) mass is 327 g/mol. The third-order valence-corrected chi connectivity index (χ3v) is 3.50. The Kier molecular flexibility index (Phi) is 4.39. The number of hydrogen-bond acceptors (Lipinski definition) is 6. The van der Waals surface area contributed by atoms with E-state index in [4.69, 9.17) is 4.42 Å². The van der Waals surface area contributed by atoms with Gasteiger partial charge in [0, 0.05) is 0 Å². The van der Waals surface area contributed by atoms with Gasteiger partial charge in [0.15, 0.2) is 5.76 Å². The highest BCUT2D eigenvalue weighted by Gasteiger charge is 2.23. The van der Waals surface area contributed by atoms with Gasteiger partial charge in [-0.25, -0.2) is 0 Å². The van der Waals surface area contributed by atoms with Gasteiger partial charge in [0.1, 0.15) is 12.1 Å². The van der Waals surface area contributed by atoms with Crippen LogP contribution in [-0.4, -0.2) is 37.8 Å². The number of aliphatic hydroxyl groups is 1. The number of nitrogens with one attached hydrogen (secondary N) is 1. The smallest absolute Gasteiger partial charge is 0.243 e. The lowest BCUT2D eigenvalue weighted by molar-refractivity contribution is -0.123. The van der Waals surface area contributed by atoms with Crippen LogP contribution in [0.3, 0.4) is 0 Å². The summed E-state index contributed by atoms with van der Waals surface area (Å²) < 4.78 is 5.17. The number of benzene rings is 1. The van der Waals surface area contributed by atoms with Crippen molar-refractivity contribution in [1.29, 1.82) is 0 Å². The van der Waals surface area contributed by atoms with E-state index in [1.165, 1.54) is 11.1 Å².